The summed E-state index contributed by atoms with van der Waals surface area (Å²) in [4.78, 5) is 4.24. The van der Waals surface area contributed by atoms with Crippen LogP contribution in [0.1, 0.15) is 18.7 Å². The zero-order valence-electron chi connectivity index (χ0n) is 9.24. The average molecular weight is 245 g/mol. The van der Waals surface area contributed by atoms with Crippen molar-refractivity contribution in [3.63, 3.8) is 0 Å². The average Bonchev–Trinajstić information content (AvgIpc) is 2.97. The molecule has 0 aliphatic heterocycles. The lowest BCUT2D eigenvalue weighted by atomic mass is 10.3. The first kappa shape index (κ1) is 10.4. The third-order valence-electron chi connectivity index (χ3n) is 2.56. The SMILES string of the molecule is CC(N)c1cn(-c2ccc3ncsc3c2)nn1. The normalized spacial score (nSPS) is 13.1. The molecule has 0 spiro atoms. The molecule has 0 fully saturated rings. The van der Waals surface area contributed by atoms with E-state index >= 15 is 0 Å². The fourth-order valence-corrected chi connectivity index (χ4v) is 2.31. The van der Waals surface area contributed by atoms with Crippen LogP contribution in [0.2, 0.25) is 0 Å². The zero-order valence-corrected chi connectivity index (χ0v) is 10.1. The summed E-state index contributed by atoms with van der Waals surface area (Å²) >= 11 is 1.61. The Labute approximate surface area is 102 Å². The number of benzene rings is 1. The standard InChI is InChI=1S/C11H11N5S/c1-7(12)10-5-16(15-14-10)8-2-3-9-11(4-8)17-6-13-9/h2-7H,12H2,1H3. The van der Waals surface area contributed by atoms with Crippen molar-refractivity contribution in [2.24, 2.45) is 5.73 Å². The maximum atomic E-state index is 5.76. The summed E-state index contributed by atoms with van der Waals surface area (Å²) in [6.07, 6.45) is 1.85. The molecule has 1 aromatic carbocycles. The molecule has 0 saturated carbocycles. The summed E-state index contributed by atoms with van der Waals surface area (Å²) < 4.78 is 2.87. The predicted molar refractivity (Wildman–Crippen MR) is 67.1 cm³/mol. The van der Waals surface area contributed by atoms with Crippen LogP contribution in [0.3, 0.4) is 0 Å². The fourth-order valence-electron chi connectivity index (χ4n) is 1.60. The van der Waals surface area contributed by atoms with E-state index in [1.807, 2.05) is 36.8 Å². The number of thiazole rings is 1. The van der Waals surface area contributed by atoms with E-state index in [1.54, 1.807) is 16.0 Å². The van der Waals surface area contributed by atoms with Crippen LogP contribution in [0.15, 0.2) is 29.9 Å². The van der Waals surface area contributed by atoms with Crippen LogP contribution in [0.4, 0.5) is 0 Å². The van der Waals surface area contributed by atoms with E-state index in [4.69, 9.17) is 5.73 Å². The molecule has 1 atom stereocenters. The third-order valence-corrected chi connectivity index (χ3v) is 3.35. The lowest BCUT2D eigenvalue weighted by Gasteiger charge is -1.99. The van der Waals surface area contributed by atoms with Gasteiger partial charge in [-0.1, -0.05) is 5.21 Å². The van der Waals surface area contributed by atoms with Gasteiger partial charge in [-0.2, -0.15) is 0 Å². The van der Waals surface area contributed by atoms with E-state index in [-0.39, 0.29) is 6.04 Å². The molecule has 2 aromatic heterocycles. The predicted octanol–water partition coefficient (Wildman–Crippen LogP) is 1.90. The Kier molecular flexibility index (Phi) is 2.38. The molecule has 6 heteroatoms. The molecule has 0 aliphatic carbocycles. The van der Waals surface area contributed by atoms with E-state index in [1.165, 1.54) is 0 Å². The molecule has 0 aliphatic rings. The maximum Gasteiger partial charge on any atom is 0.0995 e. The first-order valence-electron chi connectivity index (χ1n) is 5.25. The van der Waals surface area contributed by atoms with E-state index in [2.05, 4.69) is 15.3 Å². The molecule has 3 aromatic rings. The summed E-state index contributed by atoms with van der Waals surface area (Å²) in [7, 11) is 0. The number of rotatable bonds is 2. The van der Waals surface area contributed by atoms with Gasteiger partial charge in [0.1, 0.15) is 0 Å². The smallest absolute Gasteiger partial charge is 0.0995 e. The monoisotopic (exact) mass is 245 g/mol. The van der Waals surface area contributed by atoms with Gasteiger partial charge in [-0.05, 0) is 25.1 Å². The minimum Gasteiger partial charge on any atom is -0.323 e. The second-order valence-corrected chi connectivity index (χ2v) is 4.77. The Bertz CT molecular complexity index is 654. The molecule has 2 N–H and O–H groups in total. The number of fused-ring (bicyclic) bond motifs is 1. The number of nitrogens with zero attached hydrogens (tertiary/aromatic N) is 4. The minimum atomic E-state index is -0.101. The quantitative estimate of drug-likeness (QED) is 0.748. The number of hydrogen-bond donors (Lipinski definition) is 1. The van der Waals surface area contributed by atoms with Gasteiger partial charge in [0.2, 0.25) is 0 Å². The first-order chi connectivity index (χ1) is 8.24. The number of nitrogens with two attached hydrogens (primary N) is 1. The van der Waals surface area contributed by atoms with Crippen LogP contribution >= 0.6 is 11.3 Å². The van der Waals surface area contributed by atoms with Crippen LogP contribution < -0.4 is 5.73 Å². The van der Waals surface area contributed by atoms with Crippen molar-refractivity contribution >= 4 is 21.6 Å². The topological polar surface area (TPSA) is 69.6 Å². The summed E-state index contributed by atoms with van der Waals surface area (Å²) in [5, 5.41) is 8.11. The minimum absolute atomic E-state index is 0.101. The summed E-state index contributed by atoms with van der Waals surface area (Å²) in [5.74, 6) is 0. The van der Waals surface area contributed by atoms with E-state index in [0.717, 1.165) is 21.6 Å². The van der Waals surface area contributed by atoms with Gasteiger partial charge in [-0.3, -0.25) is 0 Å². The zero-order chi connectivity index (χ0) is 11.8. The summed E-state index contributed by atoms with van der Waals surface area (Å²) in [6.45, 7) is 1.89. The third kappa shape index (κ3) is 1.81. The van der Waals surface area contributed by atoms with Crippen LogP contribution in [0, 0.1) is 0 Å². The number of aromatic nitrogens is 4. The molecule has 0 saturated heterocycles. The highest BCUT2D eigenvalue weighted by atomic mass is 32.1. The maximum absolute atomic E-state index is 5.76. The highest BCUT2D eigenvalue weighted by molar-refractivity contribution is 7.16. The lowest BCUT2D eigenvalue weighted by Crippen LogP contribution is -2.04. The van der Waals surface area contributed by atoms with Crippen molar-refractivity contribution < 1.29 is 0 Å². The molecule has 86 valence electrons. The first-order valence-corrected chi connectivity index (χ1v) is 6.13. The van der Waals surface area contributed by atoms with Crippen LogP contribution in [-0.2, 0) is 0 Å². The lowest BCUT2D eigenvalue weighted by molar-refractivity contribution is 0.757. The van der Waals surface area contributed by atoms with Gasteiger partial charge in [0, 0.05) is 6.04 Å². The molecule has 3 rings (SSSR count). The van der Waals surface area contributed by atoms with Gasteiger partial charge in [0.15, 0.2) is 0 Å². The molecule has 5 nitrogen and oxygen atoms in total. The largest absolute Gasteiger partial charge is 0.323 e. The van der Waals surface area contributed by atoms with E-state index < -0.39 is 0 Å². The van der Waals surface area contributed by atoms with Gasteiger partial charge in [0.25, 0.3) is 0 Å². The fraction of sp³-hybridized carbons (Fsp3) is 0.182. The Hall–Kier alpha value is -1.79. The van der Waals surface area contributed by atoms with Gasteiger partial charge in [-0.25, -0.2) is 9.67 Å². The second-order valence-electron chi connectivity index (χ2n) is 3.88. The second kappa shape index (κ2) is 3.90. The Balaban J connectivity index is 2.06. The highest BCUT2D eigenvalue weighted by Crippen LogP contribution is 2.21. The van der Waals surface area contributed by atoms with E-state index in [9.17, 15) is 0 Å². The van der Waals surface area contributed by atoms with Gasteiger partial charge in [-0.15, -0.1) is 16.4 Å². The molecule has 0 bridgehead atoms. The Morgan fingerprint density at radius 3 is 3.06 bits per heavy atom. The van der Waals surface area contributed by atoms with Crippen molar-refractivity contribution in [3.05, 3.63) is 35.6 Å². The molecule has 2 heterocycles. The van der Waals surface area contributed by atoms with Crippen molar-refractivity contribution in [1.82, 2.24) is 20.0 Å². The summed E-state index contributed by atoms with van der Waals surface area (Å²) in [5.41, 5.74) is 10.4. The molecule has 0 radical (unpaired) electrons. The highest BCUT2D eigenvalue weighted by Gasteiger charge is 2.07. The van der Waals surface area contributed by atoms with Crippen LogP contribution in [-0.4, -0.2) is 20.0 Å². The van der Waals surface area contributed by atoms with Crippen LogP contribution in [0.5, 0.6) is 0 Å². The molecule has 17 heavy (non-hydrogen) atoms. The molecule has 0 amide bonds. The summed E-state index contributed by atoms with van der Waals surface area (Å²) in [6, 6.07) is 5.90. The molecule has 1 unspecified atom stereocenters. The number of hydrogen-bond acceptors (Lipinski definition) is 5. The van der Waals surface area contributed by atoms with Crippen molar-refractivity contribution in [3.8, 4) is 5.69 Å². The Morgan fingerprint density at radius 1 is 1.41 bits per heavy atom. The molecular formula is C11H11N5S. The Morgan fingerprint density at radius 2 is 2.29 bits per heavy atom. The van der Waals surface area contributed by atoms with Crippen LogP contribution in [0.25, 0.3) is 15.9 Å². The van der Waals surface area contributed by atoms with Crippen molar-refractivity contribution in [2.45, 2.75) is 13.0 Å². The molecular weight excluding hydrogens is 234 g/mol. The van der Waals surface area contributed by atoms with Crippen molar-refractivity contribution in [1.29, 1.82) is 0 Å². The van der Waals surface area contributed by atoms with Gasteiger partial charge >= 0.3 is 0 Å². The van der Waals surface area contributed by atoms with Gasteiger partial charge < -0.3 is 5.73 Å². The van der Waals surface area contributed by atoms with Crippen molar-refractivity contribution in [2.75, 3.05) is 0 Å². The van der Waals surface area contributed by atoms with E-state index in [0.29, 0.717) is 0 Å². The van der Waals surface area contributed by atoms with Gasteiger partial charge in [0.05, 0.1) is 33.3 Å².